The fourth-order valence-corrected chi connectivity index (χ4v) is 2.60. The summed E-state index contributed by atoms with van der Waals surface area (Å²) in [6, 6.07) is 0. The second-order valence-corrected chi connectivity index (χ2v) is 7.14. The second kappa shape index (κ2) is 7.89. The summed E-state index contributed by atoms with van der Waals surface area (Å²) in [6.45, 7) is 4.91. The van der Waals surface area contributed by atoms with E-state index in [0.717, 1.165) is 19.4 Å². The molecular weight excluding hydrogens is 335 g/mol. The van der Waals surface area contributed by atoms with Gasteiger partial charge < -0.3 is 30.1 Å². The Kier molecular flexibility index (Phi) is 6.11. The van der Waals surface area contributed by atoms with Crippen LogP contribution in [0.15, 0.2) is 6.33 Å². The van der Waals surface area contributed by atoms with Crippen LogP contribution >= 0.6 is 7.60 Å². The van der Waals surface area contributed by atoms with Gasteiger partial charge >= 0.3 is 7.60 Å². The number of unbranched alkanes of at least 4 members (excludes halogenated alkanes) is 1. The van der Waals surface area contributed by atoms with Crippen LogP contribution < -0.4 is 11.1 Å². The van der Waals surface area contributed by atoms with Crippen LogP contribution in [0.2, 0.25) is 0 Å². The summed E-state index contributed by atoms with van der Waals surface area (Å²) in [6.07, 6.45) is 2.59. The molecule has 0 spiro atoms. The Hall–Kier alpha value is -1.74. The van der Waals surface area contributed by atoms with Crippen LogP contribution in [0.1, 0.15) is 26.7 Å². The van der Waals surface area contributed by atoms with Gasteiger partial charge in [0.2, 0.25) is 5.95 Å². The van der Waals surface area contributed by atoms with E-state index in [1.165, 1.54) is 0 Å². The van der Waals surface area contributed by atoms with Crippen LogP contribution in [-0.2, 0) is 15.8 Å². The van der Waals surface area contributed by atoms with E-state index in [4.69, 9.17) is 20.3 Å². The number of nitrogens with one attached hydrogen (secondary N) is 1. The van der Waals surface area contributed by atoms with Crippen LogP contribution in [0.25, 0.3) is 11.2 Å². The van der Waals surface area contributed by atoms with E-state index >= 15 is 0 Å². The number of nitrogen functional groups attached to an aromatic ring is 1. The number of ether oxygens (including phenoxy) is 1. The highest BCUT2D eigenvalue weighted by Crippen LogP contribution is 2.34. The third-order valence-corrected chi connectivity index (χ3v) is 3.77. The molecule has 0 aliphatic carbocycles. The largest absolute Gasteiger partial charge is 0.368 e. The topological polar surface area (TPSA) is 148 Å². The molecule has 0 fully saturated rings. The van der Waals surface area contributed by atoms with Crippen molar-refractivity contribution in [2.75, 3.05) is 23.9 Å². The van der Waals surface area contributed by atoms with Crippen molar-refractivity contribution in [3.8, 4) is 0 Å². The standard InChI is InChI=1S/C13H23N6O4P/c1-3-4-5-15-11-10-12(18-13(14)17-11)19(7-16-10)6-9(2)23-8-24(20,21)22/h7,9H,3-6,8H2,1-2H3,(H2,20,21,22)(H3,14,15,17,18). The van der Waals surface area contributed by atoms with Crippen molar-refractivity contribution in [2.24, 2.45) is 0 Å². The zero-order valence-electron chi connectivity index (χ0n) is 13.7. The highest BCUT2D eigenvalue weighted by Gasteiger charge is 2.17. The fourth-order valence-electron chi connectivity index (χ4n) is 2.16. The molecule has 2 heterocycles. The minimum atomic E-state index is -4.19. The van der Waals surface area contributed by atoms with Crippen LogP contribution in [0.4, 0.5) is 11.8 Å². The minimum Gasteiger partial charge on any atom is -0.368 e. The minimum absolute atomic E-state index is 0.132. The van der Waals surface area contributed by atoms with Crippen molar-refractivity contribution in [2.45, 2.75) is 39.3 Å². The molecule has 5 N–H and O–H groups in total. The fraction of sp³-hybridized carbons (Fsp3) is 0.615. The highest BCUT2D eigenvalue weighted by molar-refractivity contribution is 7.51. The maximum absolute atomic E-state index is 10.9. The van der Waals surface area contributed by atoms with Gasteiger partial charge in [0.1, 0.15) is 6.35 Å². The summed E-state index contributed by atoms with van der Waals surface area (Å²) in [5, 5.41) is 3.20. The molecule has 0 aromatic carbocycles. The second-order valence-electron chi connectivity index (χ2n) is 5.55. The molecule has 0 amide bonds. The molecule has 2 rings (SSSR count). The molecule has 0 aliphatic heterocycles. The third kappa shape index (κ3) is 5.13. The summed E-state index contributed by atoms with van der Waals surface area (Å²) < 4.78 is 17.8. The molecule has 24 heavy (non-hydrogen) atoms. The Bertz CT molecular complexity index is 731. The summed E-state index contributed by atoms with van der Waals surface area (Å²) >= 11 is 0. The molecule has 2 aromatic heterocycles. The molecular formula is C13H23N6O4P. The van der Waals surface area contributed by atoms with Gasteiger partial charge in [-0.2, -0.15) is 9.97 Å². The number of nitrogens with zero attached hydrogens (tertiary/aromatic N) is 4. The van der Waals surface area contributed by atoms with E-state index in [0.29, 0.717) is 23.5 Å². The SMILES string of the molecule is CCCCNc1nc(N)nc2c1ncn2CC(C)OCP(=O)(O)O. The van der Waals surface area contributed by atoms with E-state index in [-0.39, 0.29) is 5.95 Å². The molecule has 10 nitrogen and oxygen atoms in total. The summed E-state index contributed by atoms with van der Waals surface area (Å²) in [7, 11) is -4.19. The van der Waals surface area contributed by atoms with Crippen LogP contribution in [0.5, 0.6) is 0 Å². The maximum Gasteiger partial charge on any atom is 0.350 e. The Morgan fingerprint density at radius 3 is 2.88 bits per heavy atom. The predicted molar refractivity (Wildman–Crippen MR) is 90.6 cm³/mol. The first-order valence-corrected chi connectivity index (χ1v) is 9.48. The number of hydrogen-bond acceptors (Lipinski definition) is 7. The molecule has 0 bridgehead atoms. The highest BCUT2D eigenvalue weighted by atomic mass is 31.2. The van der Waals surface area contributed by atoms with Gasteiger partial charge in [-0.25, -0.2) is 4.98 Å². The number of rotatable bonds is 9. The molecule has 0 saturated heterocycles. The van der Waals surface area contributed by atoms with E-state index in [2.05, 4.69) is 27.2 Å². The number of imidazole rings is 1. The lowest BCUT2D eigenvalue weighted by atomic mass is 10.3. The van der Waals surface area contributed by atoms with Crippen LogP contribution in [0.3, 0.4) is 0 Å². The molecule has 0 saturated carbocycles. The zero-order chi connectivity index (χ0) is 17.7. The number of aromatic nitrogens is 4. The lowest BCUT2D eigenvalue weighted by Gasteiger charge is -2.14. The lowest BCUT2D eigenvalue weighted by molar-refractivity contribution is 0.0764. The van der Waals surface area contributed by atoms with Gasteiger partial charge in [-0.1, -0.05) is 13.3 Å². The number of anilines is 2. The monoisotopic (exact) mass is 358 g/mol. The average molecular weight is 358 g/mol. The summed E-state index contributed by atoms with van der Waals surface area (Å²) in [4.78, 5) is 30.4. The summed E-state index contributed by atoms with van der Waals surface area (Å²) in [5.74, 6) is 0.709. The molecule has 0 aliphatic rings. The number of fused-ring (bicyclic) bond motifs is 1. The van der Waals surface area contributed by atoms with Crippen molar-refractivity contribution in [1.82, 2.24) is 19.5 Å². The van der Waals surface area contributed by atoms with E-state index in [9.17, 15) is 4.57 Å². The van der Waals surface area contributed by atoms with Gasteiger partial charge in [-0.15, -0.1) is 0 Å². The van der Waals surface area contributed by atoms with Crippen molar-refractivity contribution in [3.05, 3.63) is 6.33 Å². The van der Waals surface area contributed by atoms with Gasteiger partial charge in [0.25, 0.3) is 0 Å². The molecule has 2 aromatic rings. The Morgan fingerprint density at radius 2 is 2.21 bits per heavy atom. The van der Waals surface area contributed by atoms with Gasteiger partial charge in [0.05, 0.1) is 19.0 Å². The van der Waals surface area contributed by atoms with Crippen LogP contribution in [0, 0.1) is 0 Å². The summed E-state index contributed by atoms with van der Waals surface area (Å²) in [5.41, 5.74) is 6.91. The smallest absolute Gasteiger partial charge is 0.350 e. The molecule has 1 atom stereocenters. The zero-order valence-corrected chi connectivity index (χ0v) is 14.6. The Labute approximate surface area is 139 Å². The van der Waals surface area contributed by atoms with Gasteiger partial charge in [-0.3, -0.25) is 4.57 Å². The third-order valence-electron chi connectivity index (χ3n) is 3.28. The van der Waals surface area contributed by atoms with Gasteiger partial charge in [0, 0.05) is 6.54 Å². The van der Waals surface area contributed by atoms with E-state index in [1.807, 2.05) is 0 Å². The van der Waals surface area contributed by atoms with Gasteiger partial charge in [0.15, 0.2) is 17.0 Å². The molecule has 1 unspecified atom stereocenters. The van der Waals surface area contributed by atoms with Crippen LogP contribution in [-0.4, -0.2) is 48.3 Å². The van der Waals surface area contributed by atoms with E-state index < -0.39 is 20.0 Å². The average Bonchev–Trinajstić information content (AvgIpc) is 2.88. The molecule has 0 radical (unpaired) electrons. The van der Waals surface area contributed by atoms with Crippen molar-refractivity contribution in [1.29, 1.82) is 0 Å². The number of nitrogens with two attached hydrogens (primary N) is 1. The van der Waals surface area contributed by atoms with Crippen molar-refractivity contribution in [3.63, 3.8) is 0 Å². The molecule has 134 valence electrons. The van der Waals surface area contributed by atoms with Gasteiger partial charge in [-0.05, 0) is 13.3 Å². The quantitative estimate of drug-likeness (QED) is 0.382. The predicted octanol–water partition coefficient (Wildman–Crippen LogP) is 1.16. The van der Waals surface area contributed by atoms with E-state index in [1.54, 1.807) is 17.8 Å². The Balaban J connectivity index is 2.15. The van der Waals surface area contributed by atoms with Crippen molar-refractivity contribution < 1.29 is 19.1 Å². The first-order valence-electron chi connectivity index (χ1n) is 7.68. The normalized spacial score (nSPS) is 13.3. The molecule has 11 heteroatoms. The first-order chi connectivity index (χ1) is 11.3. The first kappa shape index (κ1) is 18.6. The van der Waals surface area contributed by atoms with Crippen molar-refractivity contribution >= 4 is 30.5 Å². The maximum atomic E-state index is 10.9. The lowest BCUT2D eigenvalue weighted by Crippen LogP contribution is -2.17. The number of hydrogen-bond donors (Lipinski definition) is 4. The Morgan fingerprint density at radius 1 is 1.46 bits per heavy atom.